The smallest absolute Gasteiger partial charge is 0.337 e. The Morgan fingerprint density at radius 3 is 2.00 bits per heavy atom. The maximum absolute atomic E-state index is 11.5. The summed E-state index contributed by atoms with van der Waals surface area (Å²) < 4.78 is 4.61. The third-order valence-corrected chi connectivity index (χ3v) is 3.04. The van der Waals surface area contributed by atoms with E-state index in [1.165, 1.54) is 7.11 Å². The molecule has 0 amide bonds. The van der Waals surface area contributed by atoms with E-state index in [9.17, 15) is 14.7 Å². The quantitative estimate of drug-likeness (QED) is 0.867. The monoisotopic (exact) mass is 270 g/mol. The summed E-state index contributed by atoms with van der Waals surface area (Å²) in [6.45, 7) is 0. The summed E-state index contributed by atoms with van der Waals surface area (Å²) in [6.07, 6.45) is 0. The Morgan fingerprint density at radius 1 is 0.950 bits per heavy atom. The molecule has 20 heavy (non-hydrogen) atoms. The lowest BCUT2D eigenvalue weighted by Crippen LogP contribution is -2.13. The van der Waals surface area contributed by atoms with Crippen LogP contribution in [0.5, 0.6) is 0 Å². The molecule has 1 atom stereocenters. The summed E-state index contributed by atoms with van der Waals surface area (Å²) in [5, 5.41) is 9.41. The van der Waals surface area contributed by atoms with Crippen LogP contribution in [0.3, 0.4) is 0 Å². The Kier molecular flexibility index (Phi) is 4.15. The number of carboxylic acid groups (broad SMARTS) is 1. The predicted octanol–water partition coefficient (Wildman–Crippen LogP) is 2.69. The Morgan fingerprint density at radius 2 is 1.50 bits per heavy atom. The lowest BCUT2D eigenvalue weighted by Gasteiger charge is -2.13. The van der Waals surface area contributed by atoms with Gasteiger partial charge in [-0.3, -0.25) is 4.79 Å². The van der Waals surface area contributed by atoms with E-state index >= 15 is 0 Å². The molecule has 0 bridgehead atoms. The van der Waals surface area contributed by atoms with Crippen LogP contribution in [0.2, 0.25) is 0 Å². The molecule has 0 spiro atoms. The molecule has 4 heteroatoms. The van der Waals surface area contributed by atoms with Crippen molar-refractivity contribution in [3.8, 4) is 0 Å². The molecule has 102 valence electrons. The molecule has 0 saturated heterocycles. The summed E-state index contributed by atoms with van der Waals surface area (Å²) in [7, 11) is 1.31. The number of carboxylic acids is 1. The molecule has 2 aromatic carbocycles. The third kappa shape index (κ3) is 2.85. The van der Waals surface area contributed by atoms with Gasteiger partial charge in [-0.1, -0.05) is 42.5 Å². The molecule has 0 aliphatic rings. The zero-order valence-corrected chi connectivity index (χ0v) is 10.9. The topological polar surface area (TPSA) is 63.6 Å². The molecule has 0 heterocycles. The Balaban J connectivity index is 2.36. The SMILES string of the molecule is COC(=O)c1ccc(C(C(=O)O)c2ccccc2)cc1. The minimum Gasteiger partial charge on any atom is -0.481 e. The van der Waals surface area contributed by atoms with Crippen molar-refractivity contribution < 1.29 is 19.4 Å². The number of carbonyl (C=O) groups excluding carboxylic acids is 1. The largest absolute Gasteiger partial charge is 0.481 e. The average Bonchev–Trinajstić information content (AvgIpc) is 2.48. The zero-order chi connectivity index (χ0) is 14.5. The van der Waals surface area contributed by atoms with Crippen LogP contribution in [0.4, 0.5) is 0 Å². The summed E-state index contributed by atoms with van der Waals surface area (Å²) in [4.78, 5) is 22.8. The molecule has 0 aliphatic carbocycles. The lowest BCUT2D eigenvalue weighted by molar-refractivity contribution is -0.137. The standard InChI is InChI=1S/C16H14O4/c1-20-16(19)13-9-7-12(8-10-13)14(15(17)18)11-5-3-2-4-6-11/h2-10,14H,1H3,(H,17,18). The minimum atomic E-state index is -0.929. The summed E-state index contributed by atoms with van der Waals surface area (Å²) in [5.41, 5.74) is 1.72. The molecule has 0 fully saturated rings. The van der Waals surface area contributed by atoms with Crippen molar-refractivity contribution in [3.63, 3.8) is 0 Å². The molecule has 2 rings (SSSR count). The second-order valence-electron chi connectivity index (χ2n) is 4.30. The number of hydrogen-bond donors (Lipinski definition) is 1. The van der Waals surface area contributed by atoms with Gasteiger partial charge in [-0.15, -0.1) is 0 Å². The fraction of sp³-hybridized carbons (Fsp3) is 0.125. The van der Waals surface area contributed by atoms with Gasteiger partial charge >= 0.3 is 11.9 Å². The Hall–Kier alpha value is -2.62. The van der Waals surface area contributed by atoms with Crippen LogP contribution in [0.15, 0.2) is 54.6 Å². The molecule has 0 aliphatic heterocycles. The number of methoxy groups -OCH3 is 1. The molecule has 0 aromatic heterocycles. The number of ether oxygens (including phenoxy) is 1. The van der Waals surface area contributed by atoms with E-state index in [2.05, 4.69) is 4.74 Å². The van der Waals surface area contributed by atoms with Crippen molar-refractivity contribution in [2.24, 2.45) is 0 Å². The highest BCUT2D eigenvalue weighted by molar-refractivity contribution is 5.89. The van der Waals surface area contributed by atoms with Crippen LogP contribution in [-0.2, 0) is 9.53 Å². The van der Waals surface area contributed by atoms with Gasteiger partial charge in [0.15, 0.2) is 0 Å². The molecule has 0 saturated carbocycles. The number of hydrogen-bond acceptors (Lipinski definition) is 3. The van der Waals surface area contributed by atoms with E-state index in [1.807, 2.05) is 6.07 Å². The third-order valence-electron chi connectivity index (χ3n) is 3.04. The van der Waals surface area contributed by atoms with Crippen LogP contribution < -0.4 is 0 Å². The van der Waals surface area contributed by atoms with Crippen molar-refractivity contribution in [2.75, 3.05) is 7.11 Å². The van der Waals surface area contributed by atoms with Gasteiger partial charge in [-0.2, -0.15) is 0 Å². The van der Waals surface area contributed by atoms with Crippen molar-refractivity contribution in [3.05, 3.63) is 71.3 Å². The highest BCUT2D eigenvalue weighted by Gasteiger charge is 2.22. The number of esters is 1. The summed E-state index contributed by atoms with van der Waals surface area (Å²) in [5.74, 6) is -2.12. The van der Waals surface area contributed by atoms with Gasteiger partial charge in [0.2, 0.25) is 0 Å². The van der Waals surface area contributed by atoms with E-state index in [0.717, 1.165) is 0 Å². The summed E-state index contributed by atoms with van der Waals surface area (Å²) in [6, 6.07) is 15.4. The fourth-order valence-electron chi connectivity index (χ4n) is 2.05. The molecule has 1 unspecified atom stereocenters. The summed E-state index contributed by atoms with van der Waals surface area (Å²) >= 11 is 0. The normalized spacial score (nSPS) is 11.7. The van der Waals surface area contributed by atoms with Gasteiger partial charge in [-0.05, 0) is 23.3 Å². The molecular weight excluding hydrogens is 256 g/mol. The molecule has 4 nitrogen and oxygen atoms in total. The van der Waals surface area contributed by atoms with E-state index in [0.29, 0.717) is 16.7 Å². The number of benzene rings is 2. The fourth-order valence-corrected chi connectivity index (χ4v) is 2.05. The van der Waals surface area contributed by atoms with E-state index in [-0.39, 0.29) is 0 Å². The van der Waals surface area contributed by atoms with Gasteiger partial charge < -0.3 is 9.84 Å². The van der Waals surface area contributed by atoms with Crippen molar-refractivity contribution in [1.82, 2.24) is 0 Å². The van der Waals surface area contributed by atoms with Crippen molar-refractivity contribution in [2.45, 2.75) is 5.92 Å². The first-order chi connectivity index (χ1) is 9.63. The second kappa shape index (κ2) is 6.02. The average molecular weight is 270 g/mol. The zero-order valence-electron chi connectivity index (χ0n) is 10.9. The second-order valence-corrected chi connectivity index (χ2v) is 4.30. The van der Waals surface area contributed by atoms with Gasteiger partial charge in [0, 0.05) is 0 Å². The molecule has 1 N–H and O–H groups in total. The molecular formula is C16H14O4. The van der Waals surface area contributed by atoms with E-state index in [1.54, 1.807) is 48.5 Å². The predicted molar refractivity (Wildman–Crippen MR) is 73.7 cm³/mol. The van der Waals surface area contributed by atoms with Crippen LogP contribution in [0.1, 0.15) is 27.4 Å². The van der Waals surface area contributed by atoms with Gasteiger partial charge in [-0.25, -0.2) is 4.79 Å². The molecule has 0 radical (unpaired) electrons. The molecule has 2 aromatic rings. The van der Waals surface area contributed by atoms with Crippen LogP contribution in [0, 0.1) is 0 Å². The Labute approximate surface area is 116 Å². The van der Waals surface area contributed by atoms with Gasteiger partial charge in [0.05, 0.1) is 12.7 Å². The lowest BCUT2D eigenvalue weighted by atomic mass is 9.91. The van der Waals surface area contributed by atoms with Crippen molar-refractivity contribution in [1.29, 1.82) is 0 Å². The first-order valence-electron chi connectivity index (χ1n) is 6.09. The first kappa shape index (κ1) is 13.8. The van der Waals surface area contributed by atoms with E-state index < -0.39 is 17.9 Å². The highest BCUT2D eigenvalue weighted by Crippen LogP contribution is 2.25. The van der Waals surface area contributed by atoms with E-state index in [4.69, 9.17) is 0 Å². The highest BCUT2D eigenvalue weighted by atomic mass is 16.5. The Bertz CT molecular complexity index is 602. The number of carbonyl (C=O) groups is 2. The minimum absolute atomic E-state index is 0.397. The van der Waals surface area contributed by atoms with Gasteiger partial charge in [0.25, 0.3) is 0 Å². The van der Waals surface area contributed by atoms with Crippen LogP contribution in [0.25, 0.3) is 0 Å². The van der Waals surface area contributed by atoms with Crippen LogP contribution >= 0.6 is 0 Å². The maximum atomic E-state index is 11.5. The number of aliphatic carboxylic acids is 1. The van der Waals surface area contributed by atoms with Crippen LogP contribution in [-0.4, -0.2) is 24.2 Å². The number of rotatable bonds is 4. The van der Waals surface area contributed by atoms with Crippen molar-refractivity contribution >= 4 is 11.9 Å². The van der Waals surface area contributed by atoms with Gasteiger partial charge in [0.1, 0.15) is 5.92 Å². The first-order valence-corrected chi connectivity index (χ1v) is 6.09. The maximum Gasteiger partial charge on any atom is 0.337 e.